The number of fused-ring (bicyclic) bond motifs is 2. The van der Waals surface area contributed by atoms with E-state index in [-0.39, 0.29) is 28.9 Å². The average molecular weight is 452 g/mol. The molecule has 0 saturated heterocycles. The minimum atomic E-state index is -0.517. The highest BCUT2D eigenvalue weighted by molar-refractivity contribution is 7.99. The fourth-order valence-corrected chi connectivity index (χ4v) is 5.48. The Labute approximate surface area is 185 Å². The van der Waals surface area contributed by atoms with Gasteiger partial charge in [-0.2, -0.15) is 0 Å². The van der Waals surface area contributed by atoms with Gasteiger partial charge in [-0.25, -0.2) is 9.37 Å². The molecule has 2 aromatic heterocycles. The summed E-state index contributed by atoms with van der Waals surface area (Å²) in [4.78, 5) is 30.3. The molecule has 1 atom stereocenters. The molecule has 0 radical (unpaired) electrons. The van der Waals surface area contributed by atoms with E-state index in [2.05, 4.69) is 16.4 Å². The van der Waals surface area contributed by atoms with Crippen LogP contribution >= 0.6 is 23.1 Å². The fraction of sp³-hybridized carbons (Fsp3) is 0.174. The highest BCUT2D eigenvalue weighted by Gasteiger charge is 2.24. The third-order valence-corrected chi connectivity index (χ3v) is 7.17. The minimum Gasteiger partial charge on any atom is -0.349 e. The highest BCUT2D eigenvalue weighted by Crippen LogP contribution is 2.31. The maximum Gasteiger partial charge on any atom is 0.276 e. The number of thiophene rings is 1. The molecule has 0 fully saturated rings. The van der Waals surface area contributed by atoms with E-state index in [4.69, 9.17) is 0 Å². The zero-order valence-corrected chi connectivity index (χ0v) is 18.0. The highest BCUT2D eigenvalue weighted by atomic mass is 32.2. The second-order valence-corrected chi connectivity index (χ2v) is 9.13. The van der Waals surface area contributed by atoms with Gasteiger partial charge in [-0.05, 0) is 47.5 Å². The number of halogens is 1. The molecule has 1 N–H and O–H groups in total. The van der Waals surface area contributed by atoms with Gasteiger partial charge in [-0.3, -0.25) is 14.2 Å². The van der Waals surface area contributed by atoms with E-state index < -0.39 is 5.82 Å². The van der Waals surface area contributed by atoms with Gasteiger partial charge in [0.25, 0.3) is 5.56 Å². The molecule has 1 aliphatic rings. The van der Waals surface area contributed by atoms with Crippen LogP contribution in [0, 0.1) is 5.82 Å². The second kappa shape index (κ2) is 8.28. The first kappa shape index (κ1) is 20.0. The molecule has 2 aromatic carbocycles. The number of nitrogens with one attached hydrogen (secondary N) is 1. The first-order chi connectivity index (χ1) is 15.1. The molecule has 1 aliphatic carbocycles. The normalized spacial score (nSPS) is 15.2. The van der Waals surface area contributed by atoms with Crippen molar-refractivity contribution in [2.24, 2.45) is 0 Å². The number of hydrogen-bond donors (Lipinski definition) is 1. The Morgan fingerprint density at radius 3 is 2.87 bits per heavy atom. The Bertz CT molecular complexity index is 1350. The molecule has 31 heavy (non-hydrogen) atoms. The van der Waals surface area contributed by atoms with Gasteiger partial charge in [0.1, 0.15) is 10.5 Å². The second-order valence-electron chi connectivity index (χ2n) is 7.27. The Balaban J connectivity index is 1.42. The molecule has 156 valence electrons. The van der Waals surface area contributed by atoms with Crippen LogP contribution in [0.3, 0.4) is 0 Å². The smallest absolute Gasteiger partial charge is 0.276 e. The lowest BCUT2D eigenvalue weighted by molar-refractivity contribution is -0.119. The number of nitrogens with zero attached hydrogens (tertiary/aromatic N) is 2. The van der Waals surface area contributed by atoms with Crippen LogP contribution in [-0.4, -0.2) is 21.2 Å². The summed E-state index contributed by atoms with van der Waals surface area (Å²) in [5, 5.41) is 5.15. The van der Waals surface area contributed by atoms with Crippen LogP contribution in [0.4, 0.5) is 4.39 Å². The van der Waals surface area contributed by atoms with Crippen molar-refractivity contribution >= 4 is 39.2 Å². The van der Waals surface area contributed by atoms with Gasteiger partial charge in [0, 0.05) is 0 Å². The van der Waals surface area contributed by atoms with Gasteiger partial charge in [0.2, 0.25) is 5.91 Å². The quantitative estimate of drug-likeness (QED) is 0.359. The number of para-hydroxylation sites is 1. The lowest BCUT2D eigenvalue weighted by Crippen LogP contribution is -2.29. The Kier molecular flexibility index (Phi) is 5.33. The van der Waals surface area contributed by atoms with E-state index in [0.29, 0.717) is 15.4 Å². The van der Waals surface area contributed by atoms with Crippen molar-refractivity contribution in [1.82, 2.24) is 14.9 Å². The predicted octanol–water partition coefficient (Wildman–Crippen LogP) is 4.48. The molecular formula is C23H18FN3O2S2. The zero-order chi connectivity index (χ0) is 21.4. The maximum absolute atomic E-state index is 14.5. The number of thioether (sulfide) groups is 1. The van der Waals surface area contributed by atoms with E-state index in [0.717, 1.165) is 30.2 Å². The van der Waals surface area contributed by atoms with Crippen molar-refractivity contribution < 1.29 is 9.18 Å². The summed E-state index contributed by atoms with van der Waals surface area (Å²) in [7, 11) is 0. The number of carbonyl (C=O) groups is 1. The molecule has 5 nitrogen and oxygen atoms in total. The summed E-state index contributed by atoms with van der Waals surface area (Å²) < 4.78 is 16.2. The van der Waals surface area contributed by atoms with Crippen LogP contribution < -0.4 is 10.9 Å². The average Bonchev–Trinajstić information content (AvgIpc) is 3.41. The zero-order valence-electron chi connectivity index (χ0n) is 16.4. The summed E-state index contributed by atoms with van der Waals surface area (Å²) in [6.07, 6.45) is 1.81. The standard InChI is InChI=1S/C23H18FN3O2S2/c24-16-7-3-4-8-19(16)27-22(29)21-18(11-12-30-21)26-23(27)31-13-20(28)25-17-10-9-14-5-1-2-6-15(14)17/h1-8,11-12,17H,9-10,13H2,(H,25,28)/t17-/m1/s1. The number of aryl methyl sites for hydroxylation is 1. The van der Waals surface area contributed by atoms with Crippen molar-refractivity contribution in [3.8, 4) is 5.69 Å². The Morgan fingerprint density at radius 1 is 1.19 bits per heavy atom. The molecule has 0 saturated carbocycles. The SMILES string of the molecule is O=C(CSc1nc2ccsc2c(=O)n1-c1ccccc1F)N[C@@H]1CCc2ccccc21. The molecule has 8 heteroatoms. The summed E-state index contributed by atoms with van der Waals surface area (Å²) in [5.74, 6) is -0.586. The molecule has 0 unspecified atom stereocenters. The fourth-order valence-electron chi connectivity index (χ4n) is 3.91. The number of aromatic nitrogens is 2. The van der Waals surface area contributed by atoms with Crippen LogP contribution in [-0.2, 0) is 11.2 Å². The van der Waals surface area contributed by atoms with Crippen molar-refractivity contribution in [1.29, 1.82) is 0 Å². The molecule has 5 rings (SSSR count). The number of amides is 1. The van der Waals surface area contributed by atoms with Gasteiger partial charge < -0.3 is 5.32 Å². The Morgan fingerprint density at radius 2 is 2.00 bits per heavy atom. The van der Waals surface area contributed by atoms with Crippen LogP contribution in [0.1, 0.15) is 23.6 Å². The van der Waals surface area contributed by atoms with Gasteiger partial charge >= 0.3 is 0 Å². The van der Waals surface area contributed by atoms with Crippen molar-refractivity contribution in [3.05, 3.63) is 87.3 Å². The van der Waals surface area contributed by atoms with Gasteiger partial charge in [0.05, 0.1) is 23.0 Å². The predicted molar refractivity (Wildman–Crippen MR) is 122 cm³/mol. The molecular weight excluding hydrogens is 433 g/mol. The monoisotopic (exact) mass is 451 g/mol. The minimum absolute atomic E-state index is 0.00891. The largest absolute Gasteiger partial charge is 0.349 e. The van der Waals surface area contributed by atoms with E-state index in [1.165, 1.54) is 33.6 Å². The molecule has 0 aliphatic heterocycles. The first-order valence-corrected chi connectivity index (χ1v) is 11.7. The van der Waals surface area contributed by atoms with Crippen LogP contribution in [0.2, 0.25) is 0 Å². The number of carbonyl (C=O) groups excluding carboxylic acids is 1. The summed E-state index contributed by atoms with van der Waals surface area (Å²) in [5.41, 5.74) is 2.76. The van der Waals surface area contributed by atoms with E-state index in [9.17, 15) is 14.0 Å². The third-order valence-electron chi connectivity index (χ3n) is 5.34. The number of benzene rings is 2. The van der Waals surface area contributed by atoms with Gasteiger partial charge in [-0.15, -0.1) is 11.3 Å². The Hall–Kier alpha value is -2.97. The van der Waals surface area contributed by atoms with Gasteiger partial charge in [-0.1, -0.05) is 48.2 Å². The number of rotatable bonds is 5. The van der Waals surface area contributed by atoms with E-state index in [1.807, 2.05) is 18.2 Å². The van der Waals surface area contributed by atoms with Gasteiger partial charge in [0.15, 0.2) is 5.16 Å². The van der Waals surface area contributed by atoms with E-state index >= 15 is 0 Å². The molecule has 0 spiro atoms. The maximum atomic E-state index is 14.5. The lowest BCUT2D eigenvalue weighted by atomic mass is 10.1. The van der Waals surface area contributed by atoms with Crippen molar-refractivity contribution in [2.45, 2.75) is 24.0 Å². The van der Waals surface area contributed by atoms with Crippen molar-refractivity contribution in [3.63, 3.8) is 0 Å². The molecule has 2 heterocycles. The first-order valence-electron chi connectivity index (χ1n) is 9.87. The molecule has 1 amide bonds. The van der Waals surface area contributed by atoms with E-state index in [1.54, 1.807) is 23.6 Å². The third kappa shape index (κ3) is 3.77. The van der Waals surface area contributed by atoms with Crippen LogP contribution in [0.5, 0.6) is 0 Å². The van der Waals surface area contributed by atoms with Crippen molar-refractivity contribution in [2.75, 3.05) is 5.75 Å². The topological polar surface area (TPSA) is 64.0 Å². The number of hydrogen-bond acceptors (Lipinski definition) is 5. The molecule has 4 aromatic rings. The van der Waals surface area contributed by atoms with Crippen LogP contribution in [0.15, 0.2) is 69.9 Å². The summed E-state index contributed by atoms with van der Waals surface area (Å²) >= 11 is 2.40. The molecule has 0 bridgehead atoms. The lowest BCUT2D eigenvalue weighted by Gasteiger charge is -2.15. The summed E-state index contributed by atoms with van der Waals surface area (Å²) in [6, 6.07) is 15.9. The summed E-state index contributed by atoms with van der Waals surface area (Å²) in [6.45, 7) is 0. The van der Waals surface area contributed by atoms with Crippen LogP contribution in [0.25, 0.3) is 15.9 Å².